The van der Waals surface area contributed by atoms with Crippen LogP contribution in [0.1, 0.15) is 18.9 Å². The van der Waals surface area contributed by atoms with Crippen LogP contribution in [0.25, 0.3) is 22.4 Å². The quantitative estimate of drug-likeness (QED) is 0.245. The molecule has 9 heteroatoms. The van der Waals surface area contributed by atoms with Gasteiger partial charge in [0.15, 0.2) is 5.16 Å². The minimum atomic E-state index is -0.0484. The van der Waals surface area contributed by atoms with E-state index in [4.69, 9.17) is 4.74 Å². The van der Waals surface area contributed by atoms with Crippen LogP contribution in [0.3, 0.4) is 0 Å². The van der Waals surface area contributed by atoms with Gasteiger partial charge in [-0.3, -0.25) is 13.8 Å². The van der Waals surface area contributed by atoms with E-state index in [1.165, 1.54) is 5.56 Å². The third kappa shape index (κ3) is 4.29. The van der Waals surface area contributed by atoms with Crippen molar-refractivity contribution < 1.29 is 4.74 Å². The van der Waals surface area contributed by atoms with Crippen molar-refractivity contribution in [3.05, 3.63) is 82.9 Å². The summed E-state index contributed by atoms with van der Waals surface area (Å²) in [7, 11) is 0. The van der Waals surface area contributed by atoms with Crippen LogP contribution in [-0.2, 0) is 17.0 Å². The lowest BCUT2D eigenvalue weighted by Crippen LogP contribution is -2.24. The van der Waals surface area contributed by atoms with Crippen molar-refractivity contribution in [1.82, 2.24) is 28.9 Å². The first kappa shape index (κ1) is 21.4. The highest BCUT2D eigenvalue weighted by atomic mass is 32.2. The number of rotatable bonds is 9. The Morgan fingerprint density at radius 1 is 1.03 bits per heavy atom. The van der Waals surface area contributed by atoms with E-state index in [9.17, 15) is 4.79 Å². The summed E-state index contributed by atoms with van der Waals surface area (Å²) in [5, 5.41) is 14.5. The van der Waals surface area contributed by atoms with Crippen LogP contribution in [0.4, 0.5) is 0 Å². The highest BCUT2D eigenvalue weighted by Gasteiger charge is 2.16. The summed E-state index contributed by atoms with van der Waals surface area (Å²) in [6, 6.07) is 17.8. The van der Waals surface area contributed by atoms with Gasteiger partial charge in [-0.2, -0.15) is 5.10 Å². The fourth-order valence-corrected chi connectivity index (χ4v) is 4.71. The Kier molecular flexibility index (Phi) is 6.23. The minimum Gasteiger partial charge on any atom is -0.382 e. The standard InChI is InChI=1S/C24H24N6O2S/c1-2-32-16-6-14-28-22(31)20-7-3-4-8-21(20)30-23(28)26-27-24(30)33-17-18-9-11-19(12-10-18)29-15-5-13-25-29/h3-5,7-13,15H,2,6,14,16-17H2,1H3. The number of benzene rings is 2. The largest absolute Gasteiger partial charge is 0.382 e. The Morgan fingerprint density at radius 2 is 1.88 bits per heavy atom. The van der Waals surface area contributed by atoms with E-state index in [1.54, 1.807) is 22.5 Å². The molecule has 2 aromatic carbocycles. The zero-order valence-corrected chi connectivity index (χ0v) is 19.1. The van der Waals surface area contributed by atoms with Crippen LogP contribution in [0.2, 0.25) is 0 Å². The lowest BCUT2D eigenvalue weighted by Gasteiger charge is -2.11. The number of hydrogen-bond acceptors (Lipinski definition) is 6. The number of fused-ring (bicyclic) bond motifs is 3. The fraction of sp³-hybridized carbons (Fsp3) is 0.250. The zero-order chi connectivity index (χ0) is 22.6. The van der Waals surface area contributed by atoms with Gasteiger partial charge in [-0.05, 0) is 49.2 Å². The third-order valence-electron chi connectivity index (χ3n) is 5.43. The summed E-state index contributed by atoms with van der Waals surface area (Å²) in [5.41, 5.74) is 2.96. The fourth-order valence-electron chi connectivity index (χ4n) is 3.81. The first-order chi connectivity index (χ1) is 16.3. The molecule has 0 saturated carbocycles. The predicted octanol–water partition coefficient (Wildman–Crippen LogP) is 3.95. The van der Waals surface area contributed by atoms with E-state index in [1.807, 2.05) is 52.5 Å². The molecular formula is C24H24N6O2S. The van der Waals surface area contributed by atoms with Gasteiger partial charge in [-0.25, -0.2) is 4.68 Å². The molecule has 0 aliphatic carbocycles. The van der Waals surface area contributed by atoms with Gasteiger partial charge in [-0.15, -0.1) is 10.2 Å². The predicted molar refractivity (Wildman–Crippen MR) is 129 cm³/mol. The summed E-state index contributed by atoms with van der Waals surface area (Å²) in [6.07, 6.45) is 4.42. The van der Waals surface area contributed by atoms with Crippen molar-refractivity contribution in [2.24, 2.45) is 0 Å². The number of hydrogen-bond donors (Lipinski definition) is 0. The van der Waals surface area contributed by atoms with Crippen LogP contribution in [0, 0.1) is 0 Å². The second kappa shape index (κ2) is 9.60. The summed E-state index contributed by atoms with van der Waals surface area (Å²) < 4.78 is 11.0. The molecule has 0 fully saturated rings. The lowest BCUT2D eigenvalue weighted by molar-refractivity contribution is 0.141. The Balaban J connectivity index is 1.45. The van der Waals surface area contributed by atoms with Gasteiger partial charge in [0.2, 0.25) is 5.78 Å². The van der Waals surface area contributed by atoms with E-state index in [-0.39, 0.29) is 5.56 Å². The van der Waals surface area contributed by atoms with E-state index in [0.717, 1.165) is 28.5 Å². The maximum Gasteiger partial charge on any atom is 0.262 e. The van der Waals surface area contributed by atoms with Gasteiger partial charge >= 0.3 is 0 Å². The van der Waals surface area contributed by atoms with Gasteiger partial charge in [0, 0.05) is 37.9 Å². The number of nitrogens with zero attached hydrogens (tertiary/aromatic N) is 6. The van der Waals surface area contributed by atoms with Crippen LogP contribution < -0.4 is 5.56 Å². The molecular weight excluding hydrogens is 436 g/mol. The molecule has 0 spiro atoms. The van der Waals surface area contributed by atoms with Crippen molar-refractivity contribution >= 4 is 28.4 Å². The minimum absolute atomic E-state index is 0.0484. The maximum absolute atomic E-state index is 13.2. The van der Waals surface area contributed by atoms with Crippen LogP contribution in [0.15, 0.2) is 76.9 Å². The van der Waals surface area contributed by atoms with E-state index in [0.29, 0.717) is 30.9 Å². The highest BCUT2D eigenvalue weighted by molar-refractivity contribution is 7.98. The molecule has 0 saturated heterocycles. The number of aromatic nitrogens is 6. The Morgan fingerprint density at radius 3 is 2.67 bits per heavy atom. The van der Waals surface area contributed by atoms with Crippen molar-refractivity contribution in [2.45, 2.75) is 30.8 Å². The Labute approximate surface area is 194 Å². The van der Waals surface area contributed by atoms with Gasteiger partial charge in [0.25, 0.3) is 5.56 Å². The van der Waals surface area contributed by atoms with Crippen molar-refractivity contribution in [3.8, 4) is 5.69 Å². The first-order valence-electron chi connectivity index (χ1n) is 10.9. The van der Waals surface area contributed by atoms with Crippen molar-refractivity contribution in [2.75, 3.05) is 13.2 Å². The smallest absolute Gasteiger partial charge is 0.262 e. The van der Waals surface area contributed by atoms with E-state index in [2.05, 4.69) is 39.6 Å². The molecule has 0 amide bonds. The van der Waals surface area contributed by atoms with Gasteiger partial charge in [0.05, 0.1) is 16.6 Å². The maximum atomic E-state index is 13.2. The van der Waals surface area contributed by atoms with E-state index >= 15 is 0 Å². The molecule has 3 heterocycles. The second-order valence-electron chi connectivity index (χ2n) is 7.55. The highest BCUT2D eigenvalue weighted by Crippen LogP contribution is 2.25. The average Bonchev–Trinajstić information content (AvgIpc) is 3.53. The van der Waals surface area contributed by atoms with Gasteiger partial charge in [-0.1, -0.05) is 36.0 Å². The molecule has 0 radical (unpaired) electrons. The third-order valence-corrected chi connectivity index (χ3v) is 6.43. The molecule has 5 rings (SSSR count). The number of thioether (sulfide) groups is 1. The first-order valence-corrected chi connectivity index (χ1v) is 11.9. The SMILES string of the molecule is CCOCCCn1c(=O)c2ccccc2n2c(SCc3ccc(-n4cccn4)cc3)nnc12. The van der Waals surface area contributed by atoms with Crippen LogP contribution in [0.5, 0.6) is 0 Å². The van der Waals surface area contributed by atoms with Gasteiger partial charge in [0.1, 0.15) is 0 Å². The van der Waals surface area contributed by atoms with E-state index < -0.39 is 0 Å². The molecule has 0 atom stereocenters. The summed E-state index contributed by atoms with van der Waals surface area (Å²) >= 11 is 1.60. The molecule has 33 heavy (non-hydrogen) atoms. The summed E-state index contributed by atoms with van der Waals surface area (Å²) in [5.74, 6) is 1.30. The van der Waals surface area contributed by atoms with Crippen LogP contribution in [-0.4, -0.2) is 42.2 Å². The zero-order valence-electron chi connectivity index (χ0n) is 18.3. The molecule has 168 valence electrons. The van der Waals surface area contributed by atoms with Crippen LogP contribution >= 0.6 is 11.8 Å². The summed E-state index contributed by atoms with van der Waals surface area (Å²) in [6.45, 7) is 3.76. The number of aryl methyl sites for hydroxylation is 1. The molecule has 0 aliphatic heterocycles. The molecule has 8 nitrogen and oxygen atoms in total. The monoisotopic (exact) mass is 460 g/mol. The molecule has 0 unspecified atom stereocenters. The normalized spacial score (nSPS) is 11.5. The molecule has 0 N–H and O–H groups in total. The van der Waals surface area contributed by atoms with Crippen molar-refractivity contribution in [1.29, 1.82) is 0 Å². The lowest BCUT2D eigenvalue weighted by atomic mass is 10.2. The number of ether oxygens (including phenoxy) is 1. The molecule has 5 aromatic rings. The molecule has 0 aliphatic rings. The van der Waals surface area contributed by atoms with Gasteiger partial charge < -0.3 is 4.74 Å². The summed E-state index contributed by atoms with van der Waals surface area (Å²) in [4.78, 5) is 13.2. The number of para-hydroxylation sites is 1. The van der Waals surface area contributed by atoms with Crippen molar-refractivity contribution in [3.63, 3.8) is 0 Å². The molecule has 3 aromatic heterocycles. The average molecular weight is 461 g/mol. The Hall–Kier alpha value is -3.43. The molecule has 0 bridgehead atoms. The Bertz CT molecular complexity index is 1420. The second-order valence-corrected chi connectivity index (χ2v) is 8.49. The topological polar surface area (TPSA) is 79.2 Å².